The molecule has 10 heteroatoms. The number of nitrogens with zero attached hydrogens (tertiary/aromatic N) is 3. The van der Waals surface area contributed by atoms with Gasteiger partial charge in [-0.05, 0) is 36.8 Å². The van der Waals surface area contributed by atoms with Gasteiger partial charge in [-0.15, -0.1) is 5.10 Å². The average Bonchev–Trinajstić information content (AvgIpc) is 3.34. The minimum Gasteiger partial charge on any atom is -0.461 e. The fourth-order valence-electron chi connectivity index (χ4n) is 2.85. The SMILES string of the molecule is NS(=O)(=O)c1ccc(F)c(-n2nc(-c3ccco3)nc2[C@H]2CCOC2)c1. The van der Waals surface area contributed by atoms with Gasteiger partial charge in [-0.1, -0.05) is 0 Å². The van der Waals surface area contributed by atoms with Gasteiger partial charge in [0.2, 0.25) is 15.8 Å². The lowest BCUT2D eigenvalue weighted by molar-refractivity contribution is 0.193. The highest BCUT2D eigenvalue weighted by atomic mass is 32.2. The molecule has 2 aromatic heterocycles. The number of furan rings is 1. The van der Waals surface area contributed by atoms with Crippen molar-refractivity contribution in [2.75, 3.05) is 13.2 Å². The Kier molecular flexibility index (Phi) is 4.10. The number of rotatable bonds is 4. The molecular formula is C16H15FN4O4S. The molecule has 3 heterocycles. The fourth-order valence-corrected chi connectivity index (χ4v) is 3.38. The van der Waals surface area contributed by atoms with Crippen LogP contribution in [0.5, 0.6) is 0 Å². The molecule has 1 aliphatic rings. The van der Waals surface area contributed by atoms with E-state index in [1.165, 1.54) is 10.9 Å². The summed E-state index contributed by atoms with van der Waals surface area (Å²) in [5.74, 6) is 0.431. The number of primary sulfonamides is 1. The molecule has 0 radical (unpaired) electrons. The van der Waals surface area contributed by atoms with Crippen LogP contribution in [0.3, 0.4) is 0 Å². The van der Waals surface area contributed by atoms with E-state index in [4.69, 9.17) is 14.3 Å². The maximum absolute atomic E-state index is 14.5. The van der Waals surface area contributed by atoms with Crippen molar-refractivity contribution >= 4 is 10.0 Å². The molecule has 3 aromatic rings. The lowest BCUT2D eigenvalue weighted by Gasteiger charge is -2.11. The third kappa shape index (κ3) is 3.02. The third-order valence-electron chi connectivity index (χ3n) is 4.14. The molecule has 0 bridgehead atoms. The minimum absolute atomic E-state index is 0.0521. The molecule has 1 saturated heterocycles. The smallest absolute Gasteiger partial charge is 0.238 e. The van der Waals surface area contributed by atoms with Crippen LogP contribution in [0.1, 0.15) is 18.2 Å². The quantitative estimate of drug-likeness (QED) is 0.741. The van der Waals surface area contributed by atoms with E-state index in [9.17, 15) is 12.8 Å². The Morgan fingerprint density at radius 3 is 2.81 bits per heavy atom. The van der Waals surface area contributed by atoms with E-state index in [1.807, 2.05) is 0 Å². The fraction of sp³-hybridized carbons (Fsp3) is 0.250. The maximum atomic E-state index is 14.5. The van der Waals surface area contributed by atoms with Crippen LogP contribution in [0.2, 0.25) is 0 Å². The van der Waals surface area contributed by atoms with Crippen LogP contribution >= 0.6 is 0 Å². The van der Waals surface area contributed by atoms with Gasteiger partial charge < -0.3 is 9.15 Å². The zero-order chi connectivity index (χ0) is 18.3. The molecule has 0 unspecified atom stereocenters. The number of halogens is 1. The second-order valence-electron chi connectivity index (χ2n) is 5.90. The number of nitrogens with two attached hydrogens (primary N) is 1. The highest BCUT2D eigenvalue weighted by Gasteiger charge is 2.27. The van der Waals surface area contributed by atoms with Gasteiger partial charge in [-0.2, -0.15) is 0 Å². The van der Waals surface area contributed by atoms with Crippen molar-refractivity contribution in [3.63, 3.8) is 0 Å². The number of sulfonamides is 1. The minimum atomic E-state index is -3.99. The Balaban J connectivity index is 1.90. The summed E-state index contributed by atoms with van der Waals surface area (Å²) in [6.45, 7) is 0.986. The zero-order valence-electron chi connectivity index (χ0n) is 13.5. The standard InChI is InChI=1S/C16H15FN4O4S/c17-12-4-3-11(26(18,22)23)8-13(12)21-16(10-5-7-24-9-10)19-15(20-21)14-2-1-6-25-14/h1-4,6,8,10H,5,7,9H2,(H2,18,22,23)/t10-/m0/s1. The highest BCUT2D eigenvalue weighted by Crippen LogP contribution is 2.30. The van der Waals surface area contributed by atoms with Crippen molar-refractivity contribution in [1.29, 1.82) is 0 Å². The average molecular weight is 378 g/mol. The largest absolute Gasteiger partial charge is 0.461 e. The molecule has 1 aromatic carbocycles. The summed E-state index contributed by atoms with van der Waals surface area (Å²) in [6, 6.07) is 6.67. The predicted molar refractivity (Wildman–Crippen MR) is 88.6 cm³/mol. The van der Waals surface area contributed by atoms with Gasteiger partial charge in [0.15, 0.2) is 5.76 Å². The third-order valence-corrected chi connectivity index (χ3v) is 5.05. The second kappa shape index (κ2) is 6.31. The summed E-state index contributed by atoms with van der Waals surface area (Å²) in [7, 11) is -3.99. The summed E-state index contributed by atoms with van der Waals surface area (Å²) in [5.41, 5.74) is -0.0521. The van der Waals surface area contributed by atoms with Gasteiger partial charge in [0.05, 0.1) is 17.8 Å². The summed E-state index contributed by atoms with van der Waals surface area (Å²) >= 11 is 0. The van der Waals surface area contributed by atoms with E-state index in [2.05, 4.69) is 10.1 Å². The van der Waals surface area contributed by atoms with Gasteiger partial charge >= 0.3 is 0 Å². The van der Waals surface area contributed by atoms with Crippen LogP contribution in [0.25, 0.3) is 17.3 Å². The van der Waals surface area contributed by atoms with Gasteiger partial charge in [-0.25, -0.2) is 27.6 Å². The van der Waals surface area contributed by atoms with Gasteiger partial charge in [0, 0.05) is 12.5 Å². The van der Waals surface area contributed by atoms with Gasteiger partial charge in [0.1, 0.15) is 17.3 Å². The van der Waals surface area contributed by atoms with Crippen LogP contribution in [-0.4, -0.2) is 36.4 Å². The number of aromatic nitrogens is 3. The Morgan fingerprint density at radius 1 is 1.31 bits per heavy atom. The molecule has 136 valence electrons. The lowest BCUT2D eigenvalue weighted by Crippen LogP contribution is -2.15. The van der Waals surface area contributed by atoms with E-state index in [1.54, 1.807) is 12.1 Å². The molecular weight excluding hydrogens is 363 g/mol. The first-order valence-electron chi connectivity index (χ1n) is 7.85. The Hall–Kier alpha value is -2.56. The van der Waals surface area contributed by atoms with E-state index in [0.29, 0.717) is 31.2 Å². The van der Waals surface area contributed by atoms with Crippen molar-refractivity contribution in [3.8, 4) is 17.3 Å². The van der Waals surface area contributed by atoms with Gasteiger partial charge in [-0.3, -0.25) is 0 Å². The number of hydrogen-bond donors (Lipinski definition) is 1. The van der Waals surface area contributed by atoms with Crippen LogP contribution in [0.15, 0.2) is 45.9 Å². The highest BCUT2D eigenvalue weighted by molar-refractivity contribution is 7.89. The van der Waals surface area contributed by atoms with E-state index in [0.717, 1.165) is 18.2 Å². The predicted octanol–water partition coefficient (Wildman–Crippen LogP) is 1.82. The molecule has 2 N–H and O–H groups in total. The van der Waals surface area contributed by atoms with Crippen LogP contribution in [0, 0.1) is 5.82 Å². The maximum Gasteiger partial charge on any atom is 0.238 e. The second-order valence-corrected chi connectivity index (χ2v) is 7.46. The van der Waals surface area contributed by atoms with Crippen molar-refractivity contribution in [1.82, 2.24) is 14.8 Å². The Bertz CT molecular complexity index is 1040. The zero-order valence-corrected chi connectivity index (χ0v) is 14.3. The first kappa shape index (κ1) is 16.9. The molecule has 1 atom stereocenters. The van der Waals surface area contributed by atoms with Crippen LogP contribution in [-0.2, 0) is 14.8 Å². The monoisotopic (exact) mass is 378 g/mol. The normalized spacial score (nSPS) is 17.7. The first-order chi connectivity index (χ1) is 12.4. The Labute approximate surface area is 148 Å². The van der Waals surface area contributed by atoms with E-state index in [-0.39, 0.29) is 22.3 Å². The first-order valence-corrected chi connectivity index (χ1v) is 9.39. The molecule has 1 fully saturated rings. The lowest BCUT2D eigenvalue weighted by atomic mass is 10.1. The van der Waals surface area contributed by atoms with Crippen molar-refractivity contribution in [2.45, 2.75) is 17.2 Å². The molecule has 0 spiro atoms. The van der Waals surface area contributed by atoms with E-state index >= 15 is 0 Å². The summed E-state index contributed by atoms with van der Waals surface area (Å²) in [5, 5.41) is 9.50. The molecule has 1 aliphatic heterocycles. The summed E-state index contributed by atoms with van der Waals surface area (Å²) in [6.07, 6.45) is 2.18. The number of benzene rings is 1. The van der Waals surface area contributed by atoms with Crippen molar-refractivity contribution < 1.29 is 22.0 Å². The molecule has 0 amide bonds. The molecule has 8 nitrogen and oxygen atoms in total. The van der Waals surface area contributed by atoms with Crippen LogP contribution in [0.4, 0.5) is 4.39 Å². The molecule has 0 saturated carbocycles. The topological polar surface area (TPSA) is 113 Å². The molecule has 4 rings (SSSR count). The molecule has 0 aliphatic carbocycles. The van der Waals surface area contributed by atoms with Gasteiger partial charge in [0.25, 0.3) is 0 Å². The van der Waals surface area contributed by atoms with E-state index < -0.39 is 15.8 Å². The molecule has 26 heavy (non-hydrogen) atoms. The Morgan fingerprint density at radius 2 is 2.15 bits per heavy atom. The number of hydrogen-bond acceptors (Lipinski definition) is 6. The van der Waals surface area contributed by atoms with Crippen LogP contribution < -0.4 is 5.14 Å². The summed E-state index contributed by atoms with van der Waals surface area (Å²) in [4.78, 5) is 4.26. The van der Waals surface area contributed by atoms with Crippen molar-refractivity contribution in [3.05, 3.63) is 48.2 Å². The van der Waals surface area contributed by atoms with Crippen molar-refractivity contribution in [2.24, 2.45) is 5.14 Å². The summed E-state index contributed by atoms with van der Waals surface area (Å²) < 4.78 is 49.8. The number of ether oxygens (including phenoxy) is 1.